The molecule has 6 nitrogen and oxygen atoms in total. The second-order valence-electron chi connectivity index (χ2n) is 5.36. The largest absolute Gasteiger partial charge is 0.497 e. The molecule has 4 rings (SSSR count). The standard InChI is InChI=1S/C18H12BrN3O3/c1-24-12-5-2-10(3-6-12)16(23)18-22-21-17(25-18)14-9-20-15-7-4-11(19)8-13(14)15/h2-9,20H,1H3. The summed E-state index contributed by atoms with van der Waals surface area (Å²) in [6.07, 6.45) is 1.78. The predicted octanol–water partition coefficient (Wildman–Crippen LogP) is 4.22. The summed E-state index contributed by atoms with van der Waals surface area (Å²) in [5, 5.41) is 8.85. The Kier molecular flexibility index (Phi) is 3.85. The van der Waals surface area contributed by atoms with E-state index in [1.807, 2.05) is 18.2 Å². The summed E-state index contributed by atoms with van der Waals surface area (Å²) in [6.45, 7) is 0. The minimum absolute atomic E-state index is 0.0514. The lowest BCUT2D eigenvalue weighted by molar-refractivity contribution is 0.100. The second-order valence-corrected chi connectivity index (χ2v) is 6.28. The summed E-state index contributed by atoms with van der Waals surface area (Å²) < 4.78 is 11.6. The first-order chi connectivity index (χ1) is 12.2. The van der Waals surface area contributed by atoms with Gasteiger partial charge in [0.2, 0.25) is 11.7 Å². The first kappa shape index (κ1) is 15.6. The Balaban J connectivity index is 1.69. The van der Waals surface area contributed by atoms with Gasteiger partial charge in [0, 0.05) is 27.1 Å². The van der Waals surface area contributed by atoms with Crippen LogP contribution in [0.3, 0.4) is 0 Å². The van der Waals surface area contributed by atoms with Crippen LogP contribution in [0.1, 0.15) is 16.2 Å². The van der Waals surface area contributed by atoms with Crippen LogP contribution < -0.4 is 4.74 Å². The number of rotatable bonds is 4. The van der Waals surface area contributed by atoms with Crippen LogP contribution in [0.2, 0.25) is 0 Å². The third-order valence-electron chi connectivity index (χ3n) is 3.85. The Morgan fingerprint density at radius 3 is 2.72 bits per heavy atom. The van der Waals surface area contributed by atoms with Crippen molar-refractivity contribution in [3.8, 4) is 17.2 Å². The normalized spacial score (nSPS) is 11.0. The Labute approximate surface area is 151 Å². The lowest BCUT2D eigenvalue weighted by Gasteiger charge is -2.00. The van der Waals surface area contributed by atoms with E-state index in [1.54, 1.807) is 37.6 Å². The molecule has 2 heterocycles. The minimum atomic E-state index is -0.331. The van der Waals surface area contributed by atoms with Crippen molar-refractivity contribution in [2.45, 2.75) is 0 Å². The Morgan fingerprint density at radius 2 is 1.96 bits per heavy atom. The highest BCUT2D eigenvalue weighted by Crippen LogP contribution is 2.30. The molecule has 2 aromatic heterocycles. The number of hydrogen-bond donors (Lipinski definition) is 1. The van der Waals surface area contributed by atoms with Gasteiger partial charge in [-0.3, -0.25) is 4.79 Å². The van der Waals surface area contributed by atoms with E-state index in [9.17, 15) is 4.79 Å². The van der Waals surface area contributed by atoms with Crippen molar-refractivity contribution >= 4 is 32.6 Å². The fourth-order valence-electron chi connectivity index (χ4n) is 2.56. The number of ether oxygens (including phenoxy) is 1. The highest BCUT2D eigenvalue weighted by Gasteiger charge is 2.19. The van der Waals surface area contributed by atoms with Crippen molar-refractivity contribution < 1.29 is 13.9 Å². The molecule has 124 valence electrons. The number of nitrogens with zero attached hydrogens (tertiary/aromatic N) is 2. The zero-order valence-electron chi connectivity index (χ0n) is 13.1. The summed E-state index contributed by atoms with van der Waals surface area (Å²) >= 11 is 3.45. The first-order valence-corrected chi connectivity index (χ1v) is 8.24. The smallest absolute Gasteiger partial charge is 0.289 e. The molecule has 0 aliphatic heterocycles. The van der Waals surface area contributed by atoms with Crippen molar-refractivity contribution in [1.82, 2.24) is 15.2 Å². The zero-order valence-corrected chi connectivity index (χ0v) is 14.7. The molecule has 0 bridgehead atoms. The number of methoxy groups -OCH3 is 1. The van der Waals surface area contributed by atoms with E-state index in [1.165, 1.54) is 0 Å². The molecule has 0 fully saturated rings. The summed E-state index contributed by atoms with van der Waals surface area (Å²) in [5.74, 6) is 0.584. The predicted molar refractivity (Wildman–Crippen MR) is 95.7 cm³/mol. The molecule has 0 saturated heterocycles. The number of aromatic amines is 1. The van der Waals surface area contributed by atoms with Crippen molar-refractivity contribution in [3.63, 3.8) is 0 Å². The van der Waals surface area contributed by atoms with E-state index in [-0.39, 0.29) is 11.7 Å². The summed E-state index contributed by atoms with van der Waals surface area (Å²) in [5.41, 5.74) is 2.15. The molecule has 25 heavy (non-hydrogen) atoms. The molecule has 0 amide bonds. The molecule has 0 saturated carbocycles. The highest BCUT2D eigenvalue weighted by molar-refractivity contribution is 9.10. The van der Waals surface area contributed by atoms with Gasteiger partial charge in [-0.05, 0) is 42.5 Å². The molecule has 0 spiro atoms. The van der Waals surface area contributed by atoms with Crippen LogP contribution in [-0.4, -0.2) is 28.1 Å². The van der Waals surface area contributed by atoms with Gasteiger partial charge in [0.1, 0.15) is 5.75 Å². The van der Waals surface area contributed by atoms with E-state index in [0.29, 0.717) is 17.2 Å². The zero-order chi connectivity index (χ0) is 17.4. The lowest BCUT2D eigenvalue weighted by atomic mass is 10.1. The van der Waals surface area contributed by atoms with E-state index in [0.717, 1.165) is 20.9 Å². The molecule has 0 atom stereocenters. The fourth-order valence-corrected chi connectivity index (χ4v) is 2.92. The number of nitrogens with one attached hydrogen (secondary N) is 1. The van der Waals surface area contributed by atoms with E-state index >= 15 is 0 Å². The summed E-state index contributed by atoms with van der Waals surface area (Å²) in [4.78, 5) is 15.6. The number of carbonyl (C=O) groups is 1. The number of benzene rings is 2. The molecule has 4 aromatic rings. The van der Waals surface area contributed by atoms with Gasteiger partial charge in [-0.15, -0.1) is 10.2 Å². The summed E-state index contributed by atoms with van der Waals surface area (Å²) in [6, 6.07) is 12.6. The average molecular weight is 398 g/mol. The van der Waals surface area contributed by atoms with Crippen molar-refractivity contribution in [3.05, 3.63) is 64.6 Å². The topological polar surface area (TPSA) is 81.0 Å². The Morgan fingerprint density at radius 1 is 1.16 bits per heavy atom. The van der Waals surface area contributed by atoms with Crippen LogP contribution >= 0.6 is 15.9 Å². The van der Waals surface area contributed by atoms with Crippen molar-refractivity contribution in [1.29, 1.82) is 0 Å². The second kappa shape index (κ2) is 6.18. The van der Waals surface area contributed by atoms with Crippen molar-refractivity contribution in [2.75, 3.05) is 7.11 Å². The average Bonchev–Trinajstić information content (AvgIpc) is 3.27. The number of halogens is 1. The number of fused-ring (bicyclic) bond motifs is 1. The van der Waals surface area contributed by atoms with E-state index < -0.39 is 0 Å². The molecule has 0 aliphatic rings. The molecule has 0 radical (unpaired) electrons. The maximum atomic E-state index is 12.5. The van der Waals surface area contributed by atoms with Crippen LogP contribution in [0.25, 0.3) is 22.4 Å². The number of aromatic nitrogens is 3. The molecule has 1 N–H and O–H groups in total. The monoisotopic (exact) mass is 397 g/mol. The van der Waals surface area contributed by atoms with Crippen LogP contribution in [-0.2, 0) is 0 Å². The SMILES string of the molecule is COc1ccc(C(=O)c2nnc(-c3c[nH]c4ccc(Br)cc34)o2)cc1. The number of carbonyl (C=O) groups excluding carboxylic acids is 1. The molecular formula is C18H12BrN3O3. The van der Waals surface area contributed by atoms with Crippen LogP contribution in [0.4, 0.5) is 0 Å². The summed E-state index contributed by atoms with van der Waals surface area (Å²) in [7, 11) is 1.57. The van der Waals surface area contributed by atoms with Crippen LogP contribution in [0, 0.1) is 0 Å². The van der Waals surface area contributed by atoms with Gasteiger partial charge in [-0.2, -0.15) is 0 Å². The van der Waals surface area contributed by atoms with Gasteiger partial charge >= 0.3 is 0 Å². The third kappa shape index (κ3) is 2.83. The quantitative estimate of drug-likeness (QED) is 0.521. The Bertz CT molecular complexity index is 1070. The maximum Gasteiger partial charge on any atom is 0.289 e. The fraction of sp³-hybridized carbons (Fsp3) is 0.0556. The van der Waals surface area contributed by atoms with Gasteiger partial charge in [-0.25, -0.2) is 0 Å². The molecular weight excluding hydrogens is 386 g/mol. The van der Waals surface area contributed by atoms with Crippen LogP contribution in [0.15, 0.2) is 57.6 Å². The van der Waals surface area contributed by atoms with Gasteiger partial charge in [-0.1, -0.05) is 15.9 Å². The van der Waals surface area contributed by atoms with Crippen molar-refractivity contribution in [2.24, 2.45) is 0 Å². The Hall–Kier alpha value is -2.93. The molecule has 7 heteroatoms. The molecule has 2 aromatic carbocycles. The maximum absolute atomic E-state index is 12.5. The van der Waals surface area contributed by atoms with Crippen LogP contribution in [0.5, 0.6) is 5.75 Å². The van der Waals surface area contributed by atoms with E-state index in [2.05, 4.69) is 31.1 Å². The van der Waals surface area contributed by atoms with Gasteiger partial charge in [0.05, 0.1) is 12.7 Å². The molecule has 0 aliphatic carbocycles. The minimum Gasteiger partial charge on any atom is -0.497 e. The lowest BCUT2D eigenvalue weighted by Crippen LogP contribution is -2.01. The highest BCUT2D eigenvalue weighted by atomic mass is 79.9. The number of H-pyrrole nitrogens is 1. The van der Waals surface area contributed by atoms with Gasteiger partial charge in [0.15, 0.2) is 0 Å². The van der Waals surface area contributed by atoms with Gasteiger partial charge in [0.25, 0.3) is 5.89 Å². The number of ketones is 1. The third-order valence-corrected chi connectivity index (χ3v) is 4.34. The number of hydrogen-bond acceptors (Lipinski definition) is 5. The van der Waals surface area contributed by atoms with E-state index in [4.69, 9.17) is 9.15 Å². The molecule has 0 unspecified atom stereocenters. The first-order valence-electron chi connectivity index (χ1n) is 7.45. The van der Waals surface area contributed by atoms with Gasteiger partial charge < -0.3 is 14.1 Å².